The maximum atomic E-state index is 6.00. The number of nitrogens with two attached hydrogens (primary N) is 1. The molecule has 2 fully saturated rings. The first kappa shape index (κ1) is 12.3. The molecule has 2 N–H and O–H groups in total. The van der Waals surface area contributed by atoms with Gasteiger partial charge in [0, 0.05) is 25.2 Å². The molecule has 0 aromatic carbocycles. The molecule has 0 aliphatic carbocycles. The second-order valence-electron chi connectivity index (χ2n) is 5.68. The van der Waals surface area contributed by atoms with E-state index in [4.69, 9.17) is 5.73 Å². The maximum Gasteiger partial charge on any atom is 0.00818 e. The van der Waals surface area contributed by atoms with Gasteiger partial charge in [-0.2, -0.15) is 0 Å². The molecule has 94 valence electrons. The SMILES string of the molecule is CCN1CCC(CN2CCC(N)CC2C)C1. The van der Waals surface area contributed by atoms with Gasteiger partial charge in [-0.25, -0.2) is 0 Å². The molecule has 2 heterocycles. The fraction of sp³-hybridized carbons (Fsp3) is 1.00. The van der Waals surface area contributed by atoms with Crippen LogP contribution in [-0.2, 0) is 0 Å². The summed E-state index contributed by atoms with van der Waals surface area (Å²) in [5.74, 6) is 0.900. The Balaban J connectivity index is 1.77. The van der Waals surface area contributed by atoms with Gasteiger partial charge in [-0.05, 0) is 51.7 Å². The van der Waals surface area contributed by atoms with E-state index < -0.39 is 0 Å². The van der Waals surface area contributed by atoms with Crippen molar-refractivity contribution in [2.45, 2.75) is 45.2 Å². The first-order chi connectivity index (χ1) is 7.69. The third-order valence-corrected chi connectivity index (χ3v) is 4.36. The van der Waals surface area contributed by atoms with E-state index in [1.165, 1.54) is 52.0 Å². The summed E-state index contributed by atoms with van der Waals surface area (Å²) in [6, 6.07) is 1.14. The maximum absolute atomic E-state index is 6.00. The Bertz CT molecular complexity index is 219. The minimum Gasteiger partial charge on any atom is -0.328 e. The van der Waals surface area contributed by atoms with Crippen LogP contribution in [0.5, 0.6) is 0 Å². The highest BCUT2D eigenvalue weighted by Gasteiger charge is 2.28. The highest BCUT2D eigenvalue weighted by Crippen LogP contribution is 2.22. The van der Waals surface area contributed by atoms with Gasteiger partial charge in [-0.3, -0.25) is 0 Å². The lowest BCUT2D eigenvalue weighted by Gasteiger charge is -2.37. The highest BCUT2D eigenvalue weighted by molar-refractivity contribution is 4.84. The van der Waals surface area contributed by atoms with Gasteiger partial charge in [0.1, 0.15) is 0 Å². The van der Waals surface area contributed by atoms with Crippen molar-refractivity contribution in [1.82, 2.24) is 9.80 Å². The van der Waals surface area contributed by atoms with Crippen molar-refractivity contribution in [3.8, 4) is 0 Å². The number of piperidine rings is 1. The van der Waals surface area contributed by atoms with Crippen LogP contribution in [0.3, 0.4) is 0 Å². The Hall–Kier alpha value is -0.120. The molecule has 3 unspecified atom stereocenters. The molecule has 0 bridgehead atoms. The molecular weight excluding hydrogens is 198 g/mol. The highest BCUT2D eigenvalue weighted by atomic mass is 15.2. The fourth-order valence-electron chi connectivity index (χ4n) is 3.21. The van der Waals surface area contributed by atoms with E-state index in [9.17, 15) is 0 Å². The zero-order valence-electron chi connectivity index (χ0n) is 10.9. The Morgan fingerprint density at radius 3 is 2.69 bits per heavy atom. The van der Waals surface area contributed by atoms with Gasteiger partial charge in [0.25, 0.3) is 0 Å². The van der Waals surface area contributed by atoms with Gasteiger partial charge in [0.2, 0.25) is 0 Å². The third-order valence-electron chi connectivity index (χ3n) is 4.36. The minimum atomic E-state index is 0.446. The summed E-state index contributed by atoms with van der Waals surface area (Å²) < 4.78 is 0. The van der Waals surface area contributed by atoms with E-state index in [0.29, 0.717) is 12.1 Å². The molecule has 0 aromatic heterocycles. The van der Waals surface area contributed by atoms with Crippen LogP contribution in [0, 0.1) is 5.92 Å². The minimum absolute atomic E-state index is 0.446. The largest absolute Gasteiger partial charge is 0.328 e. The molecule has 0 radical (unpaired) electrons. The molecule has 0 aromatic rings. The van der Waals surface area contributed by atoms with Gasteiger partial charge in [-0.15, -0.1) is 0 Å². The number of nitrogens with zero attached hydrogens (tertiary/aromatic N) is 2. The lowest BCUT2D eigenvalue weighted by Crippen LogP contribution is -2.47. The van der Waals surface area contributed by atoms with E-state index in [1.54, 1.807) is 0 Å². The van der Waals surface area contributed by atoms with E-state index in [2.05, 4.69) is 23.6 Å². The number of hydrogen-bond acceptors (Lipinski definition) is 3. The first-order valence-corrected chi connectivity index (χ1v) is 6.91. The molecule has 2 saturated heterocycles. The van der Waals surface area contributed by atoms with E-state index in [-0.39, 0.29) is 0 Å². The van der Waals surface area contributed by atoms with E-state index in [1.807, 2.05) is 0 Å². The van der Waals surface area contributed by atoms with Crippen molar-refractivity contribution in [3.63, 3.8) is 0 Å². The molecule has 0 spiro atoms. The van der Waals surface area contributed by atoms with Gasteiger partial charge >= 0.3 is 0 Å². The van der Waals surface area contributed by atoms with Gasteiger partial charge < -0.3 is 15.5 Å². The van der Waals surface area contributed by atoms with Gasteiger partial charge in [-0.1, -0.05) is 6.92 Å². The van der Waals surface area contributed by atoms with Crippen LogP contribution in [0.2, 0.25) is 0 Å². The van der Waals surface area contributed by atoms with E-state index >= 15 is 0 Å². The van der Waals surface area contributed by atoms with Crippen LogP contribution in [0.1, 0.15) is 33.1 Å². The molecule has 2 aliphatic rings. The predicted octanol–water partition coefficient (Wildman–Crippen LogP) is 1.14. The predicted molar refractivity (Wildman–Crippen MR) is 68.5 cm³/mol. The van der Waals surface area contributed by atoms with Crippen LogP contribution in [0.25, 0.3) is 0 Å². The number of likely N-dealkylation sites (tertiary alicyclic amines) is 2. The lowest BCUT2D eigenvalue weighted by atomic mass is 9.97. The topological polar surface area (TPSA) is 32.5 Å². The van der Waals surface area contributed by atoms with Crippen molar-refractivity contribution in [1.29, 1.82) is 0 Å². The third kappa shape index (κ3) is 2.96. The van der Waals surface area contributed by atoms with Gasteiger partial charge in [0.05, 0.1) is 0 Å². The smallest absolute Gasteiger partial charge is 0.00818 e. The van der Waals surface area contributed by atoms with Crippen molar-refractivity contribution >= 4 is 0 Å². The standard InChI is InChI=1S/C13H27N3/c1-3-15-6-4-12(9-15)10-16-7-5-13(14)8-11(16)2/h11-13H,3-10,14H2,1-2H3. The molecule has 16 heavy (non-hydrogen) atoms. The monoisotopic (exact) mass is 225 g/mol. The Morgan fingerprint density at radius 2 is 2.06 bits per heavy atom. The summed E-state index contributed by atoms with van der Waals surface area (Å²) in [5, 5.41) is 0. The second-order valence-corrected chi connectivity index (χ2v) is 5.68. The van der Waals surface area contributed by atoms with Crippen LogP contribution >= 0.6 is 0 Å². The summed E-state index contributed by atoms with van der Waals surface area (Å²) in [6.45, 7) is 11.0. The molecule has 2 rings (SSSR count). The normalized spacial score (nSPS) is 38.1. The molecule has 3 atom stereocenters. The fourth-order valence-corrected chi connectivity index (χ4v) is 3.21. The van der Waals surface area contributed by atoms with Crippen molar-refractivity contribution in [2.24, 2.45) is 11.7 Å². The van der Waals surface area contributed by atoms with Crippen LogP contribution < -0.4 is 5.73 Å². The Kier molecular flexibility index (Phi) is 4.22. The lowest BCUT2D eigenvalue weighted by molar-refractivity contribution is 0.126. The molecule has 0 amide bonds. The van der Waals surface area contributed by atoms with Crippen LogP contribution in [-0.4, -0.2) is 54.6 Å². The Morgan fingerprint density at radius 1 is 1.25 bits per heavy atom. The van der Waals surface area contributed by atoms with Crippen molar-refractivity contribution in [3.05, 3.63) is 0 Å². The summed E-state index contributed by atoms with van der Waals surface area (Å²) in [6.07, 6.45) is 3.77. The van der Waals surface area contributed by atoms with E-state index in [0.717, 1.165) is 5.92 Å². The molecule has 2 aliphatic heterocycles. The first-order valence-electron chi connectivity index (χ1n) is 6.91. The molecule has 3 nitrogen and oxygen atoms in total. The molecular formula is C13H27N3. The number of hydrogen-bond donors (Lipinski definition) is 1. The van der Waals surface area contributed by atoms with Gasteiger partial charge in [0.15, 0.2) is 0 Å². The summed E-state index contributed by atoms with van der Waals surface area (Å²) in [4.78, 5) is 5.23. The zero-order chi connectivity index (χ0) is 11.5. The summed E-state index contributed by atoms with van der Waals surface area (Å²) in [5.41, 5.74) is 6.00. The van der Waals surface area contributed by atoms with Crippen LogP contribution in [0.4, 0.5) is 0 Å². The average Bonchev–Trinajstić information content (AvgIpc) is 2.70. The number of rotatable bonds is 3. The quantitative estimate of drug-likeness (QED) is 0.782. The second kappa shape index (κ2) is 5.48. The average molecular weight is 225 g/mol. The zero-order valence-corrected chi connectivity index (χ0v) is 10.9. The van der Waals surface area contributed by atoms with Crippen LogP contribution in [0.15, 0.2) is 0 Å². The molecule has 3 heteroatoms. The summed E-state index contributed by atoms with van der Waals surface area (Å²) >= 11 is 0. The van der Waals surface area contributed by atoms with Crippen molar-refractivity contribution < 1.29 is 0 Å². The molecule has 0 saturated carbocycles. The Labute approximate surface area is 100.0 Å². The summed E-state index contributed by atoms with van der Waals surface area (Å²) in [7, 11) is 0. The van der Waals surface area contributed by atoms with Crippen molar-refractivity contribution in [2.75, 3.05) is 32.7 Å².